The van der Waals surface area contributed by atoms with Gasteiger partial charge >= 0.3 is 0 Å². The lowest BCUT2D eigenvalue weighted by Crippen LogP contribution is -1.97. The van der Waals surface area contributed by atoms with E-state index in [4.69, 9.17) is 4.74 Å². The Morgan fingerprint density at radius 3 is 3.08 bits per heavy atom. The van der Waals surface area contributed by atoms with Crippen LogP contribution in [0.3, 0.4) is 0 Å². The Hall–Kier alpha value is -0.940. The molecule has 0 saturated carbocycles. The number of hydrogen-bond donors (Lipinski definition) is 0. The molecule has 0 aliphatic carbocycles. The van der Waals surface area contributed by atoms with E-state index in [1.165, 1.54) is 0 Å². The molecule has 13 heavy (non-hydrogen) atoms. The summed E-state index contributed by atoms with van der Waals surface area (Å²) < 4.78 is 7.84. The van der Waals surface area contributed by atoms with Crippen molar-refractivity contribution in [3.05, 3.63) is 28.6 Å². The second-order valence-corrected chi connectivity index (χ2v) is 3.40. The summed E-state index contributed by atoms with van der Waals surface area (Å²) in [6.45, 7) is 0.462. The highest BCUT2D eigenvalue weighted by atomic mass is 79.9. The number of methoxy groups -OCH3 is 1. The smallest absolute Gasteiger partial charge is 0.164 e. The monoisotopic (exact) mass is 241 g/mol. The zero-order valence-corrected chi connectivity index (χ0v) is 8.65. The van der Waals surface area contributed by atoms with Crippen molar-refractivity contribution in [2.24, 2.45) is 0 Å². The van der Waals surface area contributed by atoms with E-state index < -0.39 is 0 Å². The van der Waals surface area contributed by atoms with Gasteiger partial charge in [0.2, 0.25) is 0 Å². The molecule has 0 N–H and O–H groups in total. The Bertz CT molecular complexity index is 426. The summed E-state index contributed by atoms with van der Waals surface area (Å²) >= 11 is 3.42. The second-order valence-electron chi connectivity index (χ2n) is 2.59. The Morgan fingerprint density at radius 2 is 2.31 bits per heavy atom. The van der Waals surface area contributed by atoms with Gasteiger partial charge in [-0.3, -0.25) is 4.40 Å². The molecule has 5 heteroatoms. The number of nitrogens with zero attached hydrogens (tertiary/aromatic N) is 3. The Kier molecular flexibility index (Phi) is 2.28. The van der Waals surface area contributed by atoms with Crippen molar-refractivity contribution in [3.63, 3.8) is 0 Å². The molecule has 0 aliphatic heterocycles. The van der Waals surface area contributed by atoms with E-state index in [0.29, 0.717) is 6.61 Å². The molecule has 2 rings (SSSR count). The normalized spacial score (nSPS) is 10.9. The van der Waals surface area contributed by atoms with Gasteiger partial charge in [0, 0.05) is 7.11 Å². The maximum absolute atomic E-state index is 5.01. The topological polar surface area (TPSA) is 39.4 Å². The van der Waals surface area contributed by atoms with Crippen molar-refractivity contribution in [3.8, 4) is 0 Å². The van der Waals surface area contributed by atoms with Crippen LogP contribution in [0.5, 0.6) is 0 Å². The van der Waals surface area contributed by atoms with Crippen LogP contribution in [0.1, 0.15) is 5.82 Å². The van der Waals surface area contributed by atoms with Gasteiger partial charge in [0.25, 0.3) is 0 Å². The molecule has 4 nitrogen and oxygen atoms in total. The van der Waals surface area contributed by atoms with Crippen molar-refractivity contribution < 1.29 is 4.74 Å². The van der Waals surface area contributed by atoms with Crippen LogP contribution in [0.2, 0.25) is 0 Å². The number of pyridine rings is 1. The van der Waals surface area contributed by atoms with E-state index in [1.54, 1.807) is 7.11 Å². The van der Waals surface area contributed by atoms with Gasteiger partial charge in [-0.05, 0) is 28.1 Å². The maximum atomic E-state index is 5.01. The molecular formula is C8H8BrN3O. The fourth-order valence-electron chi connectivity index (χ4n) is 1.18. The average Bonchev–Trinajstić information content (AvgIpc) is 2.51. The molecule has 0 amide bonds. The molecule has 68 valence electrons. The lowest BCUT2D eigenvalue weighted by molar-refractivity contribution is 0.176. The number of hydrogen-bond acceptors (Lipinski definition) is 3. The van der Waals surface area contributed by atoms with Crippen LogP contribution < -0.4 is 0 Å². The Morgan fingerprint density at radius 1 is 1.46 bits per heavy atom. The molecule has 0 spiro atoms. The summed E-state index contributed by atoms with van der Waals surface area (Å²) in [5, 5.41) is 8.00. The van der Waals surface area contributed by atoms with Crippen LogP contribution in [0.25, 0.3) is 5.65 Å². The molecular weight excluding hydrogens is 234 g/mol. The van der Waals surface area contributed by atoms with E-state index in [2.05, 4.69) is 26.1 Å². The molecule has 2 aromatic heterocycles. The van der Waals surface area contributed by atoms with Gasteiger partial charge in [0.05, 0.1) is 4.60 Å². The van der Waals surface area contributed by atoms with Crippen LogP contribution in [0, 0.1) is 0 Å². The summed E-state index contributed by atoms with van der Waals surface area (Å²) in [6.07, 6.45) is 0. The summed E-state index contributed by atoms with van der Waals surface area (Å²) in [4.78, 5) is 0. The van der Waals surface area contributed by atoms with Gasteiger partial charge < -0.3 is 4.74 Å². The maximum Gasteiger partial charge on any atom is 0.164 e. The molecule has 0 bridgehead atoms. The van der Waals surface area contributed by atoms with E-state index in [0.717, 1.165) is 16.1 Å². The van der Waals surface area contributed by atoms with Crippen LogP contribution in [-0.2, 0) is 11.3 Å². The number of fused-ring (bicyclic) bond motifs is 1. The highest BCUT2D eigenvalue weighted by molar-refractivity contribution is 9.10. The lowest BCUT2D eigenvalue weighted by atomic mass is 10.5. The number of halogens is 1. The summed E-state index contributed by atoms with van der Waals surface area (Å²) in [7, 11) is 1.64. The molecule has 0 unspecified atom stereocenters. The van der Waals surface area contributed by atoms with Crippen molar-refractivity contribution in [1.82, 2.24) is 14.6 Å². The first-order valence-corrected chi connectivity index (χ1v) is 4.59. The molecule has 0 aromatic carbocycles. The minimum atomic E-state index is 0.462. The van der Waals surface area contributed by atoms with E-state index in [-0.39, 0.29) is 0 Å². The molecule has 0 atom stereocenters. The van der Waals surface area contributed by atoms with Crippen LogP contribution >= 0.6 is 15.9 Å². The van der Waals surface area contributed by atoms with E-state index in [1.807, 2.05) is 22.6 Å². The summed E-state index contributed by atoms with van der Waals surface area (Å²) in [5.41, 5.74) is 0.821. The Balaban J connectivity index is 2.64. The molecule has 0 radical (unpaired) electrons. The Labute approximate surface area is 83.7 Å². The predicted molar refractivity (Wildman–Crippen MR) is 51.4 cm³/mol. The molecule has 0 fully saturated rings. The minimum absolute atomic E-state index is 0.462. The second kappa shape index (κ2) is 3.43. The quantitative estimate of drug-likeness (QED) is 0.751. The number of ether oxygens (including phenoxy) is 1. The van der Waals surface area contributed by atoms with E-state index >= 15 is 0 Å². The van der Waals surface area contributed by atoms with Crippen LogP contribution in [0.4, 0.5) is 0 Å². The predicted octanol–water partition coefficient (Wildman–Crippen LogP) is 1.64. The number of aromatic nitrogens is 3. The van der Waals surface area contributed by atoms with Gasteiger partial charge in [0.15, 0.2) is 11.5 Å². The third-order valence-corrected chi connectivity index (χ3v) is 2.34. The van der Waals surface area contributed by atoms with Crippen LogP contribution in [-0.4, -0.2) is 21.7 Å². The molecule has 2 heterocycles. The van der Waals surface area contributed by atoms with Crippen molar-refractivity contribution in [2.75, 3.05) is 7.11 Å². The fraction of sp³-hybridized carbons (Fsp3) is 0.250. The van der Waals surface area contributed by atoms with Gasteiger partial charge in [-0.2, -0.15) is 0 Å². The van der Waals surface area contributed by atoms with Crippen molar-refractivity contribution in [1.29, 1.82) is 0 Å². The fourth-order valence-corrected chi connectivity index (χ4v) is 1.72. The summed E-state index contributed by atoms with van der Waals surface area (Å²) in [6, 6.07) is 5.76. The van der Waals surface area contributed by atoms with Crippen LogP contribution in [0.15, 0.2) is 22.8 Å². The average molecular weight is 242 g/mol. The minimum Gasteiger partial charge on any atom is -0.377 e. The van der Waals surface area contributed by atoms with Gasteiger partial charge in [-0.25, -0.2) is 0 Å². The largest absolute Gasteiger partial charge is 0.377 e. The lowest BCUT2D eigenvalue weighted by Gasteiger charge is -1.99. The van der Waals surface area contributed by atoms with Gasteiger partial charge in [-0.1, -0.05) is 6.07 Å². The van der Waals surface area contributed by atoms with Crippen molar-refractivity contribution in [2.45, 2.75) is 6.61 Å². The first-order valence-electron chi connectivity index (χ1n) is 3.80. The third-order valence-electron chi connectivity index (χ3n) is 1.72. The van der Waals surface area contributed by atoms with Gasteiger partial charge in [0.1, 0.15) is 6.61 Å². The summed E-state index contributed by atoms with van der Waals surface area (Å²) in [5.74, 6) is 0.796. The third kappa shape index (κ3) is 1.45. The highest BCUT2D eigenvalue weighted by Crippen LogP contribution is 2.14. The highest BCUT2D eigenvalue weighted by Gasteiger charge is 2.06. The molecule has 2 aromatic rings. The zero-order chi connectivity index (χ0) is 9.26. The first-order chi connectivity index (χ1) is 6.33. The van der Waals surface area contributed by atoms with E-state index in [9.17, 15) is 0 Å². The molecule has 0 saturated heterocycles. The first kappa shape index (κ1) is 8.65. The number of rotatable bonds is 2. The standard InChI is InChI=1S/C8H8BrN3O/c1-13-5-8-11-10-7-4-2-3-6(9)12(7)8/h2-4H,5H2,1H3. The molecule has 0 aliphatic rings. The van der Waals surface area contributed by atoms with Crippen molar-refractivity contribution >= 4 is 21.6 Å². The van der Waals surface area contributed by atoms with Gasteiger partial charge in [-0.15, -0.1) is 10.2 Å². The zero-order valence-electron chi connectivity index (χ0n) is 7.07. The SMILES string of the molecule is COCc1nnc2cccc(Br)n12.